The fourth-order valence-electron chi connectivity index (χ4n) is 6.43. The summed E-state index contributed by atoms with van der Waals surface area (Å²) in [6, 6.07) is 23.1. The maximum absolute atomic E-state index is 14.0. The highest BCUT2D eigenvalue weighted by Crippen LogP contribution is 2.23. The Morgan fingerprint density at radius 2 is 1.63 bits per heavy atom. The Morgan fingerprint density at radius 1 is 0.889 bits per heavy atom. The minimum Gasteiger partial charge on any atom is -0.493 e. The standard InChI is InChI=1S/C44H62N4O6/c1-8-31(5)42(44(51)46-25-33-17-14-30(4)15-18-33)48-43(50)37(29(2)3)24-40(49)39(45-26-36-23-35-12-9-10-13-38(35)47-36)28-53-27-34-19-16-32(6)41(22-34)54-21-11-20-52-7/h9-10,12-19,22-23,29,31,37,39-40,42,45,47,49H,8,11,20-21,24-28H2,1-7H3,(H,46,51)(H,48,50)/t31-,37-,39-,40-,42-/m0/s1. The lowest BCUT2D eigenvalue weighted by Crippen LogP contribution is -2.53. The number of hydrogen-bond acceptors (Lipinski definition) is 7. The molecule has 0 saturated heterocycles. The Kier molecular flexibility index (Phi) is 17.0. The number of aromatic amines is 1. The lowest BCUT2D eigenvalue weighted by Gasteiger charge is -2.31. The SMILES string of the molecule is CC[C@H](C)[C@H](NC(=O)[C@@H](C[C@H](O)[C@H](COCc1ccc(C)c(OCCCOC)c1)NCc1cc2ccccc2[nH]1)C(C)C)C(=O)NCc1ccc(C)cc1. The van der Waals surface area contributed by atoms with E-state index in [1.807, 2.05) is 102 Å². The smallest absolute Gasteiger partial charge is 0.243 e. The maximum atomic E-state index is 14.0. The van der Waals surface area contributed by atoms with Crippen LogP contribution in [0.1, 0.15) is 74.9 Å². The fourth-order valence-corrected chi connectivity index (χ4v) is 6.43. The molecule has 5 N–H and O–H groups in total. The number of aromatic nitrogens is 1. The monoisotopic (exact) mass is 742 g/mol. The summed E-state index contributed by atoms with van der Waals surface area (Å²) in [7, 11) is 1.68. The zero-order valence-electron chi connectivity index (χ0n) is 33.2. The van der Waals surface area contributed by atoms with Crippen LogP contribution in [0.2, 0.25) is 0 Å². The van der Waals surface area contributed by atoms with Gasteiger partial charge in [-0.05, 0) is 72.4 Å². The van der Waals surface area contributed by atoms with Gasteiger partial charge in [0, 0.05) is 50.4 Å². The van der Waals surface area contributed by atoms with Crippen LogP contribution in [-0.2, 0) is 38.8 Å². The predicted molar refractivity (Wildman–Crippen MR) is 215 cm³/mol. The van der Waals surface area contributed by atoms with Crippen molar-refractivity contribution in [2.45, 2.75) is 98.7 Å². The number of hydrogen-bond donors (Lipinski definition) is 5. The summed E-state index contributed by atoms with van der Waals surface area (Å²) < 4.78 is 17.4. The first-order chi connectivity index (χ1) is 26.0. The number of amides is 2. The molecule has 5 atom stereocenters. The molecule has 3 aromatic carbocycles. The van der Waals surface area contributed by atoms with Crippen molar-refractivity contribution in [2.75, 3.05) is 26.9 Å². The molecule has 0 unspecified atom stereocenters. The first-order valence-corrected chi connectivity index (χ1v) is 19.4. The van der Waals surface area contributed by atoms with Gasteiger partial charge in [0.15, 0.2) is 0 Å². The predicted octanol–water partition coefficient (Wildman–Crippen LogP) is 6.75. The van der Waals surface area contributed by atoms with Crippen molar-refractivity contribution in [1.82, 2.24) is 20.9 Å². The van der Waals surface area contributed by atoms with Crippen molar-refractivity contribution < 1.29 is 28.9 Å². The molecule has 4 rings (SSSR count). The first-order valence-electron chi connectivity index (χ1n) is 19.4. The van der Waals surface area contributed by atoms with Gasteiger partial charge in [-0.15, -0.1) is 0 Å². The van der Waals surface area contributed by atoms with Gasteiger partial charge in [-0.25, -0.2) is 0 Å². The number of nitrogens with one attached hydrogen (secondary N) is 4. The second-order valence-electron chi connectivity index (χ2n) is 14.9. The summed E-state index contributed by atoms with van der Waals surface area (Å²) in [6.07, 6.45) is 0.798. The van der Waals surface area contributed by atoms with Gasteiger partial charge in [-0.3, -0.25) is 9.59 Å². The van der Waals surface area contributed by atoms with Crippen molar-refractivity contribution in [1.29, 1.82) is 0 Å². The number of benzene rings is 3. The first kappa shape index (κ1) is 42.5. The quantitative estimate of drug-likeness (QED) is 0.0532. The second kappa shape index (κ2) is 21.6. The molecule has 10 heteroatoms. The molecule has 2 amide bonds. The number of fused-ring (bicyclic) bond motifs is 1. The molecule has 0 bridgehead atoms. The third-order valence-corrected chi connectivity index (χ3v) is 10.2. The minimum absolute atomic E-state index is 0.0816. The molecular weight excluding hydrogens is 681 g/mol. The van der Waals surface area contributed by atoms with Crippen LogP contribution in [0.4, 0.5) is 0 Å². The van der Waals surface area contributed by atoms with Gasteiger partial charge in [0.1, 0.15) is 11.8 Å². The molecule has 0 aliphatic rings. The number of methoxy groups -OCH3 is 1. The minimum atomic E-state index is -0.914. The summed E-state index contributed by atoms with van der Waals surface area (Å²) in [6.45, 7) is 14.6. The lowest BCUT2D eigenvalue weighted by molar-refractivity contribution is -0.134. The van der Waals surface area contributed by atoms with E-state index < -0.39 is 24.1 Å². The Morgan fingerprint density at radius 3 is 2.33 bits per heavy atom. The Labute approximate surface area is 321 Å². The number of para-hydroxylation sites is 1. The molecule has 0 radical (unpaired) electrons. The normalized spacial score (nSPS) is 14.4. The highest BCUT2D eigenvalue weighted by atomic mass is 16.5. The van der Waals surface area contributed by atoms with Crippen LogP contribution in [0.5, 0.6) is 5.75 Å². The van der Waals surface area contributed by atoms with E-state index in [9.17, 15) is 14.7 Å². The molecule has 0 saturated carbocycles. The van der Waals surface area contributed by atoms with E-state index in [4.69, 9.17) is 14.2 Å². The average molecular weight is 743 g/mol. The molecule has 0 aliphatic carbocycles. The van der Waals surface area contributed by atoms with Crippen molar-refractivity contribution in [2.24, 2.45) is 17.8 Å². The number of carbonyl (C=O) groups excluding carboxylic acids is 2. The fraction of sp³-hybridized carbons (Fsp3) is 0.500. The van der Waals surface area contributed by atoms with Crippen LogP contribution in [0.15, 0.2) is 72.8 Å². The summed E-state index contributed by atoms with van der Waals surface area (Å²) in [5, 5.41) is 22.5. The number of aliphatic hydroxyl groups excluding tert-OH is 1. The van der Waals surface area contributed by atoms with E-state index in [-0.39, 0.29) is 36.7 Å². The summed E-state index contributed by atoms with van der Waals surface area (Å²) in [4.78, 5) is 30.9. The number of aryl methyl sites for hydroxylation is 2. The van der Waals surface area contributed by atoms with Crippen molar-refractivity contribution in [3.8, 4) is 5.75 Å². The number of carbonyl (C=O) groups is 2. The van der Waals surface area contributed by atoms with Crippen molar-refractivity contribution in [3.63, 3.8) is 0 Å². The van der Waals surface area contributed by atoms with Crippen LogP contribution in [-0.4, -0.2) is 67.0 Å². The molecule has 294 valence electrons. The third kappa shape index (κ3) is 13.0. The van der Waals surface area contributed by atoms with Gasteiger partial charge in [0.05, 0.1) is 32.0 Å². The number of ether oxygens (including phenoxy) is 3. The molecular formula is C44H62N4O6. The molecule has 4 aromatic rings. The van der Waals surface area contributed by atoms with E-state index in [1.165, 1.54) is 0 Å². The van der Waals surface area contributed by atoms with Crippen molar-refractivity contribution in [3.05, 3.63) is 101 Å². The van der Waals surface area contributed by atoms with E-state index in [1.54, 1.807) is 7.11 Å². The Balaban J connectivity index is 1.44. The van der Waals surface area contributed by atoms with Gasteiger partial charge in [-0.2, -0.15) is 0 Å². The topological polar surface area (TPSA) is 134 Å². The Bertz CT molecular complexity index is 1710. The number of rotatable bonds is 23. The summed E-state index contributed by atoms with van der Waals surface area (Å²) in [5.41, 5.74) is 6.17. The molecule has 0 spiro atoms. The summed E-state index contributed by atoms with van der Waals surface area (Å²) in [5.74, 6) is -0.352. The maximum Gasteiger partial charge on any atom is 0.243 e. The van der Waals surface area contributed by atoms with E-state index in [2.05, 4.69) is 33.1 Å². The van der Waals surface area contributed by atoms with Gasteiger partial charge in [0.2, 0.25) is 11.8 Å². The highest BCUT2D eigenvalue weighted by molar-refractivity contribution is 5.88. The van der Waals surface area contributed by atoms with E-state index in [0.717, 1.165) is 57.4 Å². The average Bonchev–Trinajstić information content (AvgIpc) is 3.59. The van der Waals surface area contributed by atoms with Crippen LogP contribution < -0.4 is 20.7 Å². The van der Waals surface area contributed by atoms with Gasteiger partial charge >= 0.3 is 0 Å². The molecule has 0 fully saturated rings. The van der Waals surface area contributed by atoms with E-state index >= 15 is 0 Å². The highest BCUT2D eigenvalue weighted by Gasteiger charge is 2.33. The summed E-state index contributed by atoms with van der Waals surface area (Å²) >= 11 is 0. The van der Waals surface area contributed by atoms with E-state index in [0.29, 0.717) is 32.9 Å². The molecule has 1 aromatic heterocycles. The van der Waals surface area contributed by atoms with Crippen LogP contribution in [0.3, 0.4) is 0 Å². The number of aliphatic hydroxyl groups is 1. The molecule has 10 nitrogen and oxygen atoms in total. The Hall–Kier alpha value is -4.22. The lowest BCUT2D eigenvalue weighted by atomic mass is 9.86. The van der Waals surface area contributed by atoms with Gasteiger partial charge in [-0.1, -0.05) is 94.3 Å². The largest absolute Gasteiger partial charge is 0.493 e. The molecule has 54 heavy (non-hydrogen) atoms. The zero-order valence-corrected chi connectivity index (χ0v) is 33.2. The van der Waals surface area contributed by atoms with Crippen molar-refractivity contribution >= 4 is 22.7 Å². The molecule has 0 aliphatic heterocycles. The van der Waals surface area contributed by atoms with Crippen LogP contribution in [0.25, 0.3) is 10.9 Å². The van der Waals surface area contributed by atoms with Crippen LogP contribution in [0, 0.1) is 31.6 Å². The second-order valence-corrected chi connectivity index (χ2v) is 14.9. The zero-order chi connectivity index (χ0) is 39.0. The van der Waals surface area contributed by atoms with Crippen LogP contribution >= 0.6 is 0 Å². The van der Waals surface area contributed by atoms with Gasteiger partial charge < -0.3 is 40.3 Å². The number of H-pyrrole nitrogens is 1. The molecule has 1 heterocycles. The van der Waals surface area contributed by atoms with Gasteiger partial charge in [0.25, 0.3) is 0 Å². The third-order valence-electron chi connectivity index (χ3n) is 10.2.